The van der Waals surface area contributed by atoms with Crippen LogP contribution in [-0.4, -0.2) is 36.4 Å². The minimum absolute atomic E-state index is 0.0315. The van der Waals surface area contributed by atoms with Crippen molar-refractivity contribution in [2.45, 2.75) is 38.7 Å². The molecule has 1 fully saturated rings. The summed E-state index contributed by atoms with van der Waals surface area (Å²) in [5, 5.41) is 12.7. The van der Waals surface area contributed by atoms with Gasteiger partial charge in [0.15, 0.2) is 0 Å². The zero-order valence-corrected chi connectivity index (χ0v) is 12.9. The molecule has 0 aliphatic carbocycles. The Morgan fingerprint density at radius 1 is 1.38 bits per heavy atom. The lowest BCUT2D eigenvalue weighted by atomic mass is 9.98. The summed E-state index contributed by atoms with van der Waals surface area (Å²) in [5.41, 5.74) is 1.16. The monoisotopic (exact) mass is 291 g/mol. The number of aliphatic hydroxyl groups is 1. The first kappa shape index (κ1) is 16.0. The number of carbonyl (C=O) groups excluding carboxylic acids is 1. The number of carbonyl (C=O) groups is 1. The number of ether oxygens (including phenoxy) is 1. The van der Waals surface area contributed by atoms with Crippen LogP contribution in [0.5, 0.6) is 0 Å². The van der Waals surface area contributed by atoms with E-state index >= 15 is 0 Å². The van der Waals surface area contributed by atoms with Gasteiger partial charge in [-0.15, -0.1) is 0 Å². The van der Waals surface area contributed by atoms with E-state index in [2.05, 4.69) is 5.32 Å². The van der Waals surface area contributed by atoms with E-state index in [1.54, 1.807) is 0 Å². The maximum Gasteiger partial charge on any atom is 0.251 e. The molecular weight excluding hydrogens is 266 g/mol. The smallest absolute Gasteiger partial charge is 0.251 e. The lowest BCUT2D eigenvalue weighted by molar-refractivity contribution is 0.0713. The van der Waals surface area contributed by atoms with Crippen molar-refractivity contribution in [3.05, 3.63) is 35.4 Å². The number of aryl methyl sites for hydroxylation is 1. The van der Waals surface area contributed by atoms with Crippen LogP contribution in [0.3, 0.4) is 0 Å². The van der Waals surface area contributed by atoms with Crippen molar-refractivity contribution in [1.82, 2.24) is 5.32 Å². The fourth-order valence-electron chi connectivity index (χ4n) is 2.36. The maximum absolute atomic E-state index is 12.0. The highest BCUT2D eigenvalue weighted by atomic mass is 16.5. The summed E-state index contributed by atoms with van der Waals surface area (Å²) >= 11 is 0. The fourth-order valence-corrected chi connectivity index (χ4v) is 2.36. The Balaban J connectivity index is 1.81. The third-order valence-corrected chi connectivity index (χ3v) is 3.82. The molecule has 0 unspecified atom stereocenters. The van der Waals surface area contributed by atoms with Crippen molar-refractivity contribution in [1.29, 1.82) is 0 Å². The van der Waals surface area contributed by atoms with Crippen LogP contribution < -0.4 is 5.32 Å². The van der Waals surface area contributed by atoms with E-state index in [9.17, 15) is 9.90 Å². The van der Waals surface area contributed by atoms with Crippen LogP contribution in [0.25, 0.3) is 0 Å². The van der Waals surface area contributed by atoms with Gasteiger partial charge in [-0.3, -0.25) is 4.79 Å². The van der Waals surface area contributed by atoms with Gasteiger partial charge in [-0.05, 0) is 50.8 Å². The van der Waals surface area contributed by atoms with Crippen LogP contribution >= 0.6 is 0 Å². The first-order chi connectivity index (χ1) is 9.94. The molecule has 2 rings (SSSR count). The van der Waals surface area contributed by atoms with Crippen molar-refractivity contribution in [3.63, 3.8) is 0 Å². The summed E-state index contributed by atoms with van der Waals surface area (Å²) in [7, 11) is 0. The van der Waals surface area contributed by atoms with Crippen LogP contribution in [0.2, 0.25) is 0 Å². The van der Waals surface area contributed by atoms with E-state index in [1.165, 1.54) is 0 Å². The predicted molar refractivity (Wildman–Crippen MR) is 82.3 cm³/mol. The van der Waals surface area contributed by atoms with E-state index in [1.807, 2.05) is 38.1 Å². The van der Waals surface area contributed by atoms with Gasteiger partial charge >= 0.3 is 0 Å². The van der Waals surface area contributed by atoms with Crippen LogP contribution in [0.4, 0.5) is 0 Å². The third kappa shape index (κ3) is 5.48. The van der Waals surface area contributed by atoms with Gasteiger partial charge in [0.25, 0.3) is 5.91 Å². The highest BCUT2D eigenvalue weighted by molar-refractivity contribution is 5.94. The molecule has 0 aromatic heterocycles. The lowest BCUT2D eigenvalue weighted by Gasteiger charge is -2.16. The molecule has 1 aliphatic rings. The van der Waals surface area contributed by atoms with Crippen LogP contribution in [-0.2, 0) is 11.2 Å². The van der Waals surface area contributed by atoms with Crippen molar-refractivity contribution >= 4 is 5.91 Å². The second-order valence-electron chi connectivity index (χ2n) is 6.45. The number of nitrogens with one attached hydrogen (secondary N) is 1. The van der Waals surface area contributed by atoms with Gasteiger partial charge in [-0.2, -0.15) is 0 Å². The van der Waals surface area contributed by atoms with E-state index in [0.29, 0.717) is 24.4 Å². The SMILES string of the molecule is CC(C)(O)CCc1ccc(C(=O)NC[C@H]2CCOC2)cc1. The highest BCUT2D eigenvalue weighted by Gasteiger charge is 2.17. The number of hydrogen-bond donors (Lipinski definition) is 2. The maximum atomic E-state index is 12.0. The largest absolute Gasteiger partial charge is 0.390 e. The van der Waals surface area contributed by atoms with Crippen LogP contribution in [0.15, 0.2) is 24.3 Å². The summed E-state index contributed by atoms with van der Waals surface area (Å²) in [6.07, 6.45) is 2.54. The van der Waals surface area contributed by atoms with E-state index in [-0.39, 0.29) is 5.91 Å². The molecule has 0 radical (unpaired) electrons. The number of amides is 1. The Kier molecular flexibility index (Phi) is 5.37. The molecule has 21 heavy (non-hydrogen) atoms. The fraction of sp³-hybridized carbons (Fsp3) is 0.588. The first-order valence-electron chi connectivity index (χ1n) is 7.61. The van der Waals surface area contributed by atoms with Gasteiger partial charge in [0.05, 0.1) is 12.2 Å². The molecule has 1 aromatic carbocycles. The second kappa shape index (κ2) is 7.05. The van der Waals surface area contributed by atoms with Crippen LogP contribution in [0, 0.1) is 5.92 Å². The molecule has 1 saturated heterocycles. The molecule has 2 N–H and O–H groups in total. The molecule has 0 bridgehead atoms. The Morgan fingerprint density at radius 2 is 2.10 bits per heavy atom. The Labute approximate surface area is 126 Å². The van der Waals surface area contributed by atoms with Gasteiger partial charge in [0, 0.05) is 24.6 Å². The van der Waals surface area contributed by atoms with E-state index in [0.717, 1.165) is 31.6 Å². The summed E-state index contributed by atoms with van der Waals surface area (Å²) < 4.78 is 5.29. The lowest BCUT2D eigenvalue weighted by Crippen LogP contribution is -2.29. The van der Waals surface area contributed by atoms with Crippen LogP contribution in [0.1, 0.15) is 42.6 Å². The molecule has 116 valence electrons. The van der Waals surface area contributed by atoms with Gasteiger partial charge in [-0.25, -0.2) is 0 Å². The Morgan fingerprint density at radius 3 is 2.67 bits per heavy atom. The van der Waals surface area contributed by atoms with Gasteiger partial charge in [0.2, 0.25) is 0 Å². The minimum atomic E-state index is -0.653. The van der Waals surface area contributed by atoms with Gasteiger partial charge in [-0.1, -0.05) is 12.1 Å². The Hall–Kier alpha value is -1.39. The van der Waals surface area contributed by atoms with E-state index < -0.39 is 5.60 Å². The van der Waals surface area contributed by atoms with Gasteiger partial charge in [0.1, 0.15) is 0 Å². The number of rotatable bonds is 6. The minimum Gasteiger partial charge on any atom is -0.390 e. The number of hydrogen-bond acceptors (Lipinski definition) is 3. The van der Waals surface area contributed by atoms with Crippen molar-refractivity contribution in [3.8, 4) is 0 Å². The van der Waals surface area contributed by atoms with Gasteiger partial charge < -0.3 is 15.2 Å². The Bertz CT molecular complexity index is 456. The zero-order chi connectivity index (χ0) is 15.3. The summed E-state index contributed by atoms with van der Waals surface area (Å²) in [5.74, 6) is 0.413. The first-order valence-corrected chi connectivity index (χ1v) is 7.61. The summed E-state index contributed by atoms with van der Waals surface area (Å²) in [6.45, 7) is 5.84. The molecule has 4 heteroatoms. The normalized spacial score (nSPS) is 18.7. The molecule has 1 aliphatic heterocycles. The second-order valence-corrected chi connectivity index (χ2v) is 6.45. The topological polar surface area (TPSA) is 58.6 Å². The third-order valence-electron chi connectivity index (χ3n) is 3.82. The van der Waals surface area contributed by atoms with E-state index in [4.69, 9.17) is 4.74 Å². The number of benzene rings is 1. The standard InChI is InChI=1S/C17H25NO3/c1-17(2,20)9-7-13-3-5-15(6-4-13)16(19)18-11-14-8-10-21-12-14/h3-6,14,20H,7-12H2,1-2H3,(H,18,19)/t14-/m1/s1. The predicted octanol–water partition coefficient (Wildman–Crippen LogP) is 2.16. The molecule has 1 atom stereocenters. The molecule has 1 amide bonds. The molecular formula is C17H25NO3. The summed E-state index contributed by atoms with van der Waals surface area (Å²) in [4.78, 5) is 12.0. The molecule has 0 spiro atoms. The molecule has 1 aromatic rings. The zero-order valence-electron chi connectivity index (χ0n) is 12.9. The molecule has 4 nitrogen and oxygen atoms in total. The average molecular weight is 291 g/mol. The van der Waals surface area contributed by atoms with Crippen molar-refractivity contribution in [2.75, 3.05) is 19.8 Å². The van der Waals surface area contributed by atoms with Crippen molar-refractivity contribution in [2.24, 2.45) is 5.92 Å². The van der Waals surface area contributed by atoms with Crippen molar-refractivity contribution < 1.29 is 14.6 Å². The summed E-state index contributed by atoms with van der Waals surface area (Å²) in [6, 6.07) is 7.61. The highest BCUT2D eigenvalue weighted by Crippen LogP contribution is 2.14. The molecule has 0 saturated carbocycles. The molecule has 1 heterocycles. The quantitative estimate of drug-likeness (QED) is 0.844. The average Bonchev–Trinajstić information content (AvgIpc) is 2.95.